The van der Waals surface area contributed by atoms with Gasteiger partial charge in [0, 0.05) is 12.3 Å². The van der Waals surface area contributed by atoms with E-state index in [-0.39, 0.29) is 17.1 Å². The summed E-state index contributed by atoms with van der Waals surface area (Å²) in [4.78, 5) is 11.8. The van der Waals surface area contributed by atoms with Crippen molar-refractivity contribution in [2.45, 2.75) is 76.8 Å². The predicted octanol–water partition coefficient (Wildman–Crippen LogP) is 3.30. The molecule has 2 aliphatic carbocycles. The molecule has 4 fully saturated rings. The molecule has 2 atom stereocenters. The van der Waals surface area contributed by atoms with Crippen LogP contribution in [0.3, 0.4) is 0 Å². The van der Waals surface area contributed by atoms with E-state index < -0.39 is 17.2 Å². The Morgan fingerprint density at radius 1 is 1.10 bits per heavy atom. The summed E-state index contributed by atoms with van der Waals surface area (Å²) >= 11 is 0. The third-order valence-corrected chi connectivity index (χ3v) is 6.53. The molecule has 112 valence electrons. The van der Waals surface area contributed by atoms with E-state index >= 15 is 0 Å². The van der Waals surface area contributed by atoms with E-state index in [4.69, 9.17) is 9.47 Å². The Balaban J connectivity index is 1.61. The lowest BCUT2D eigenvalue weighted by molar-refractivity contribution is -0.163. The summed E-state index contributed by atoms with van der Waals surface area (Å²) in [5.41, 5.74) is -0.438. The predicted molar refractivity (Wildman–Crippen MR) is 71.9 cm³/mol. The number of aliphatic carboxylic acids is 1. The minimum atomic E-state index is -0.697. The molecule has 4 aliphatic rings. The molecule has 0 aromatic heterocycles. The van der Waals surface area contributed by atoms with E-state index in [9.17, 15) is 9.90 Å². The third kappa shape index (κ3) is 1.47. The average molecular weight is 280 g/mol. The van der Waals surface area contributed by atoms with Gasteiger partial charge in [-0.1, -0.05) is 26.2 Å². The van der Waals surface area contributed by atoms with Crippen molar-refractivity contribution in [3.8, 4) is 0 Å². The third-order valence-electron chi connectivity index (χ3n) is 6.53. The molecule has 2 saturated heterocycles. The molecule has 0 spiro atoms. The van der Waals surface area contributed by atoms with Crippen molar-refractivity contribution < 1.29 is 19.4 Å². The second-order valence-electron chi connectivity index (χ2n) is 7.98. The van der Waals surface area contributed by atoms with E-state index in [1.54, 1.807) is 0 Å². The van der Waals surface area contributed by atoms with Crippen molar-refractivity contribution in [2.75, 3.05) is 0 Å². The fraction of sp³-hybridized carbons (Fsp3) is 0.938. The lowest BCUT2D eigenvalue weighted by Gasteiger charge is -2.42. The van der Waals surface area contributed by atoms with E-state index in [0.717, 1.165) is 12.8 Å². The van der Waals surface area contributed by atoms with Gasteiger partial charge in [-0.25, -0.2) is 0 Å². The number of carboxylic acids is 1. The fourth-order valence-electron chi connectivity index (χ4n) is 4.87. The second-order valence-corrected chi connectivity index (χ2v) is 7.98. The Morgan fingerprint density at radius 3 is 2.35 bits per heavy atom. The Bertz CT molecular complexity index is 459. The Kier molecular flexibility index (Phi) is 2.34. The van der Waals surface area contributed by atoms with Gasteiger partial charge in [-0.2, -0.15) is 0 Å². The van der Waals surface area contributed by atoms with Crippen molar-refractivity contribution in [1.29, 1.82) is 0 Å². The van der Waals surface area contributed by atoms with E-state index in [1.807, 2.05) is 6.92 Å². The molecule has 0 bridgehead atoms. The summed E-state index contributed by atoms with van der Waals surface area (Å²) < 4.78 is 11.6. The van der Waals surface area contributed by atoms with Gasteiger partial charge >= 0.3 is 5.97 Å². The molecule has 2 saturated carbocycles. The van der Waals surface area contributed by atoms with Crippen LogP contribution in [0.5, 0.6) is 0 Å². The highest BCUT2D eigenvalue weighted by molar-refractivity contribution is 5.75. The molecule has 4 nitrogen and oxygen atoms in total. The molecular formula is C16H24O4. The topological polar surface area (TPSA) is 62.4 Å². The molecule has 0 aromatic rings. The van der Waals surface area contributed by atoms with Crippen LogP contribution in [0.25, 0.3) is 0 Å². The number of carbonyl (C=O) groups is 1. The van der Waals surface area contributed by atoms with Crippen LogP contribution in [0, 0.1) is 16.7 Å². The first-order valence-electron chi connectivity index (χ1n) is 8.00. The molecule has 20 heavy (non-hydrogen) atoms. The summed E-state index contributed by atoms with van der Waals surface area (Å²) in [5, 5.41) is 9.74. The Hall–Kier alpha value is -0.610. The highest BCUT2D eigenvalue weighted by Gasteiger charge is 2.96. The van der Waals surface area contributed by atoms with Crippen molar-refractivity contribution in [3.63, 3.8) is 0 Å². The van der Waals surface area contributed by atoms with Crippen LogP contribution in [0.1, 0.15) is 65.2 Å². The van der Waals surface area contributed by atoms with Gasteiger partial charge in [0.1, 0.15) is 0 Å². The first-order valence-corrected chi connectivity index (χ1v) is 8.00. The van der Waals surface area contributed by atoms with Gasteiger partial charge in [0.05, 0.1) is 5.41 Å². The minimum absolute atomic E-state index is 0.00403. The van der Waals surface area contributed by atoms with Crippen LogP contribution in [0.4, 0.5) is 0 Å². The monoisotopic (exact) mass is 280 g/mol. The lowest BCUT2D eigenvalue weighted by atomic mass is 9.60. The number of epoxide rings is 2. The Morgan fingerprint density at radius 2 is 1.75 bits per heavy atom. The van der Waals surface area contributed by atoms with E-state index in [1.165, 1.54) is 32.1 Å². The quantitative estimate of drug-likeness (QED) is 0.806. The van der Waals surface area contributed by atoms with Crippen LogP contribution in [0.2, 0.25) is 0 Å². The first kappa shape index (κ1) is 13.1. The number of ether oxygens (including phenoxy) is 2. The van der Waals surface area contributed by atoms with Crippen LogP contribution in [-0.2, 0) is 14.3 Å². The molecule has 2 unspecified atom stereocenters. The fourth-order valence-corrected chi connectivity index (χ4v) is 4.87. The summed E-state index contributed by atoms with van der Waals surface area (Å²) in [6.07, 6.45) is 8.62. The summed E-state index contributed by atoms with van der Waals surface area (Å²) in [6, 6.07) is 0. The Labute approximate surface area is 119 Å². The van der Waals surface area contributed by atoms with E-state index in [0.29, 0.717) is 6.42 Å². The standard InChI is InChI=1S/C16H24O4/c1-13(6-4-3-5-7-13)10-11-14(2,12(17)18)8-9-15-16(11,19-15)20-15/h11H,3-10H2,1-2H3,(H,17,18). The van der Waals surface area contributed by atoms with Gasteiger partial charge < -0.3 is 14.6 Å². The zero-order valence-electron chi connectivity index (χ0n) is 12.4. The van der Waals surface area contributed by atoms with Crippen LogP contribution < -0.4 is 0 Å². The zero-order valence-corrected chi connectivity index (χ0v) is 12.4. The maximum absolute atomic E-state index is 11.8. The van der Waals surface area contributed by atoms with Gasteiger partial charge in [-0.15, -0.1) is 0 Å². The van der Waals surface area contributed by atoms with Crippen molar-refractivity contribution in [1.82, 2.24) is 0 Å². The van der Waals surface area contributed by atoms with Gasteiger partial charge in [0.15, 0.2) is 0 Å². The molecule has 1 N–H and O–H groups in total. The van der Waals surface area contributed by atoms with Gasteiger partial charge in [-0.05, 0) is 38.0 Å². The molecule has 0 amide bonds. The summed E-state index contributed by atoms with van der Waals surface area (Å²) in [7, 11) is 0. The van der Waals surface area contributed by atoms with Crippen molar-refractivity contribution in [2.24, 2.45) is 16.7 Å². The van der Waals surface area contributed by atoms with Gasteiger partial charge in [0.2, 0.25) is 11.6 Å². The normalized spacial score (nSPS) is 51.8. The smallest absolute Gasteiger partial charge is 0.309 e. The molecule has 2 heterocycles. The lowest BCUT2D eigenvalue weighted by Crippen LogP contribution is -2.45. The molecule has 0 aromatic carbocycles. The van der Waals surface area contributed by atoms with Crippen molar-refractivity contribution in [3.05, 3.63) is 0 Å². The number of hydrogen-bond acceptors (Lipinski definition) is 3. The number of rotatable bonds is 3. The maximum atomic E-state index is 11.8. The largest absolute Gasteiger partial charge is 0.481 e. The summed E-state index contributed by atoms with van der Waals surface area (Å²) in [5.74, 6) is -1.59. The molecule has 4 heteroatoms. The second kappa shape index (κ2) is 3.58. The van der Waals surface area contributed by atoms with Gasteiger partial charge in [-0.3, -0.25) is 4.79 Å². The van der Waals surface area contributed by atoms with E-state index in [2.05, 4.69) is 6.92 Å². The van der Waals surface area contributed by atoms with Crippen molar-refractivity contribution >= 4 is 5.97 Å². The SMILES string of the molecule is CC1(CC2C(C)(C(=O)O)CCC34OC23O4)CCCCC1. The van der Waals surface area contributed by atoms with Crippen LogP contribution in [0.15, 0.2) is 0 Å². The summed E-state index contributed by atoms with van der Waals surface area (Å²) in [6.45, 7) is 4.22. The minimum Gasteiger partial charge on any atom is -0.481 e. The molecule has 0 radical (unpaired) electrons. The first-order chi connectivity index (χ1) is 9.36. The molecular weight excluding hydrogens is 256 g/mol. The zero-order chi connectivity index (χ0) is 14.2. The highest BCUT2D eigenvalue weighted by atomic mass is 17.0. The van der Waals surface area contributed by atoms with Crippen LogP contribution >= 0.6 is 0 Å². The van der Waals surface area contributed by atoms with Gasteiger partial charge in [0.25, 0.3) is 0 Å². The number of carboxylic acid groups (broad SMARTS) is 1. The number of hydrogen-bond donors (Lipinski definition) is 1. The highest BCUT2D eigenvalue weighted by Crippen LogP contribution is 2.80. The average Bonchev–Trinajstić information content (AvgIpc) is 3.20. The maximum Gasteiger partial charge on any atom is 0.309 e. The molecule has 2 aliphatic heterocycles. The van der Waals surface area contributed by atoms with Crippen LogP contribution in [-0.4, -0.2) is 22.7 Å². The molecule has 4 rings (SSSR count).